The fourth-order valence-electron chi connectivity index (χ4n) is 5.48. The summed E-state index contributed by atoms with van der Waals surface area (Å²) in [4.78, 5) is 34.1. The van der Waals surface area contributed by atoms with Crippen molar-refractivity contribution in [1.29, 1.82) is 0 Å². The van der Waals surface area contributed by atoms with Crippen molar-refractivity contribution in [2.45, 2.75) is 90.0 Å². The van der Waals surface area contributed by atoms with Crippen molar-refractivity contribution in [3.63, 3.8) is 0 Å². The maximum absolute atomic E-state index is 13.3. The molecule has 50 heavy (non-hydrogen) atoms. The second kappa shape index (κ2) is 13.6. The monoisotopic (exact) mass is 705 g/mol. The highest BCUT2D eigenvalue weighted by Crippen LogP contribution is 2.30. The molecule has 2 N–H and O–H groups in total. The number of carbonyl (C=O) groups is 2. The zero-order valence-electron chi connectivity index (χ0n) is 30.1. The summed E-state index contributed by atoms with van der Waals surface area (Å²) < 4.78 is 41.8. The molecule has 1 saturated heterocycles. The number of nitrogens with zero attached hydrogens (tertiary/aromatic N) is 5. The van der Waals surface area contributed by atoms with Gasteiger partial charge in [0, 0.05) is 36.4 Å². The lowest BCUT2D eigenvalue weighted by Gasteiger charge is -2.42. The standard InChI is InChI=1S/C36H47N7O6S/c1-34(2,3)40-50(46,47)28-12-10-11-25(21-28)29-18-17-27-22-37-31(39-43(27)29)38-26-15-13-24(14-16-26)30-23-41(32(44)48-35(4,5)6)19-20-42(30)33(45)49-36(7,8)9/h10-18,21-22,30,40H,19-20,23H2,1-9H3,(H,38,39). The number of sulfonamides is 1. The number of ether oxygens (including phenoxy) is 2. The fourth-order valence-corrected chi connectivity index (χ4v) is 6.94. The first-order chi connectivity index (χ1) is 23.2. The third kappa shape index (κ3) is 9.10. The smallest absolute Gasteiger partial charge is 0.410 e. The fraction of sp³-hybridized carbons (Fsp3) is 0.444. The van der Waals surface area contributed by atoms with Crippen LogP contribution in [-0.4, -0.2) is 81.4 Å². The van der Waals surface area contributed by atoms with E-state index in [9.17, 15) is 18.0 Å². The molecule has 1 aliphatic rings. The molecular weight excluding hydrogens is 659 g/mol. The van der Waals surface area contributed by atoms with Gasteiger partial charge in [0.05, 0.1) is 28.3 Å². The second-order valence-corrected chi connectivity index (χ2v) is 17.1. The van der Waals surface area contributed by atoms with Crippen LogP contribution in [-0.2, 0) is 19.5 Å². The Morgan fingerprint density at radius 1 is 0.840 bits per heavy atom. The summed E-state index contributed by atoms with van der Waals surface area (Å²) >= 11 is 0. The van der Waals surface area contributed by atoms with Gasteiger partial charge in [0.2, 0.25) is 16.0 Å². The van der Waals surface area contributed by atoms with Crippen molar-refractivity contribution in [1.82, 2.24) is 29.1 Å². The van der Waals surface area contributed by atoms with E-state index in [2.05, 4.69) is 15.0 Å². The van der Waals surface area contributed by atoms with Gasteiger partial charge in [-0.25, -0.2) is 32.2 Å². The number of hydrogen-bond donors (Lipinski definition) is 2. The molecule has 5 rings (SSSR count). The van der Waals surface area contributed by atoms with E-state index in [0.29, 0.717) is 29.4 Å². The van der Waals surface area contributed by atoms with Crippen LogP contribution < -0.4 is 10.0 Å². The molecule has 1 aliphatic heterocycles. The molecule has 0 bridgehead atoms. The lowest BCUT2D eigenvalue weighted by Crippen LogP contribution is -2.54. The number of rotatable bonds is 6. The molecule has 3 heterocycles. The van der Waals surface area contributed by atoms with Crippen LogP contribution >= 0.6 is 0 Å². The lowest BCUT2D eigenvalue weighted by atomic mass is 10.0. The number of fused-ring (bicyclic) bond motifs is 1. The lowest BCUT2D eigenvalue weighted by molar-refractivity contribution is -0.0152. The molecule has 0 saturated carbocycles. The van der Waals surface area contributed by atoms with E-state index < -0.39 is 45.0 Å². The molecule has 2 amide bonds. The van der Waals surface area contributed by atoms with Gasteiger partial charge in [-0.2, -0.15) is 0 Å². The van der Waals surface area contributed by atoms with Crippen LogP contribution in [0.3, 0.4) is 0 Å². The Balaban J connectivity index is 1.38. The molecule has 0 spiro atoms. The Morgan fingerprint density at radius 3 is 2.14 bits per heavy atom. The number of piperazine rings is 1. The summed E-state index contributed by atoms with van der Waals surface area (Å²) in [5.41, 5.74) is 1.67. The Bertz CT molecular complexity index is 1970. The van der Waals surface area contributed by atoms with Gasteiger partial charge in [-0.3, -0.25) is 4.90 Å². The zero-order chi connectivity index (χ0) is 36.6. The molecule has 0 radical (unpaired) electrons. The van der Waals surface area contributed by atoms with Crippen LogP contribution in [0.2, 0.25) is 0 Å². The summed E-state index contributed by atoms with van der Waals surface area (Å²) in [6.07, 6.45) is 0.795. The summed E-state index contributed by atoms with van der Waals surface area (Å²) in [6, 6.07) is 17.5. The van der Waals surface area contributed by atoms with Gasteiger partial charge in [-0.05, 0) is 104 Å². The van der Waals surface area contributed by atoms with E-state index in [1.54, 1.807) is 59.5 Å². The Morgan fingerprint density at radius 2 is 1.50 bits per heavy atom. The average Bonchev–Trinajstić information content (AvgIpc) is 3.42. The van der Waals surface area contributed by atoms with Gasteiger partial charge in [0.25, 0.3) is 0 Å². The minimum atomic E-state index is -3.74. The predicted molar refractivity (Wildman–Crippen MR) is 192 cm³/mol. The van der Waals surface area contributed by atoms with E-state index >= 15 is 0 Å². The van der Waals surface area contributed by atoms with Gasteiger partial charge in [0.1, 0.15) is 11.2 Å². The van der Waals surface area contributed by atoms with Crippen LogP contribution in [0.1, 0.15) is 73.9 Å². The van der Waals surface area contributed by atoms with E-state index in [-0.39, 0.29) is 18.0 Å². The molecule has 14 heteroatoms. The molecule has 4 aromatic rings. The molecule has 1 atom stereocenters. The van der Waals surface area contributed by atoms with Gasteiger partial charge in [-0.15, -0.1) is 5.10 Å². The maximum Gasteiger partial charge on any atom is 0.410 e. The number of nitrogens with one attached hydrogen (secondary N) is 2. The van der Waals surface area contributed by atoms with Crippen LogP contribution in [0.5, 0.6) is 0 Å². The van der Waals surface area contributed by atoms with Crippen molar-refractivity contribution in [3.8, 4) is 11.3 Å². The van der Waals surface area contributed by atoms with E-state index in [0.717, 1.165) is 11.1 Å². The topological polar surface area (TPSA) is 147 Å². The zero-order valence-corrected chi connectivity index (χ0v) is 31.0. The van der Waals surface area contributed by atoms with Gasteiger partial charge in [-0.1, -0.05) is 24.3 Å². The maximum atomic E-state index is 13.3. The molecule has 2 aromatic heterocycles. The summed E-state index contributed by atoms with van der Waals surface area (Å²) in [6.45, 7) is 17.1. The molecule has 1 unspecified atom stereocenters. The van der Waals surface area contributed by atoms with Crippen molar-refractivity contribution < 1.29 is 27.5 Å². The highest BCUT2D eigenvalue weighted by Gasteiger charge is 2.37. The number of anilines is 2. The van der Waals surface area contributed by atoms with Crippen LogP contribution in [0, 0.1) is 0 Å². The van der Waals surface area contributed by atoms with Crippen LogP contribution in [0.4, 0.5) is 21.2 Å². The first-order valence-corrected chi connectivity index (χ1v) is 18.0. The second-order valence-electron chi connectivity index (χ2n) is 15.4. The third-order valence-electron chi connectivity index (χ3n) is 7.49. The van der Waals surface area contributed by atoms with Crippen molar-refractivity contribution in [2.75, 3.05) is 25.0 Å². The van der Waals surface area contributed by atoms with Gasteiger partial charge < -0.3 is 19.7 Å². The number of amides is 2. The highest BCUT2D eigenvalue weighted by molar-refractivity contribution is 7.89. The Kier molecular flexibility index (Phi) is 9.92. The summed E-state index contributed by atoms with van der Waals surface area (Å²) in [5.74, 6) is 0.324. The molecule has 268 valence electrons. The summed E-state index contributed by atoms with van der Waals surface area (Å²) in [5, 5.41) is 7.94. The molecular formula is C36H47N7O6S. The minimum absolute atomic E-state index is 0.157. The SMILES string of the molecule is CC(C)(C)NS(=O)(=O)c1cccc(-c2ccc3cnc(Nc4ccc(C5CN(C(=O)OC(C)(C)C)CCN5C(=O)OC(C)(C)C)cc4)nn23)c1. The van der Waals surface area contributed by atoms with Crippen molar-refractivity contribution in [2.24, 2.45) is 0 Å². The minimum Gasteiger partial charge on any atom is -0.444 e. The third-order valence-corrected chi connectivity index (χ3v) is 9.25. The Hall–Kier alpha value is -4.69. The van der Waals surface area contributed by atoms with E-state index in [4.69, 9.17) is 14.6 Å². The average molecular weight is 706 g/mol. The largest absolute Gasteiger partial charge is 0.444 e. The van der Waals surface area contributed by atoms with Crippen molar-refractivity contribution >= 4 is 39.4 Å². The van der Waals surface area contributed by atoms with Crippen LogP contribution in [0.25, 0.3) is 16.8 Å². The van der Waals surface area contributed by atoms with Gasteiger partial charge >= 0.3 is 12.2 Å². The molecule has 13 nitrogen and oxygen atoms in total. The van der Waals surface area contributed by atoms with E-state index in [1.807, 2.05) is 84.0 Å². The van der Waals surface area contributed by atoms with Gasteiger partial charge in [0.15, 0.2) is 0 Å². The number of carbonyl (C=O) groups excluding carboxylic acids is 2. The first-order valence-electron chi connectivity index (χ1n) is 16.5. The first kappa shape index (κ1) is 36.6. The summed E-state index contributed by atoms with van der Waals surface area (Å²) in [7, 11) is -3.74. The number of aromatic nitrogens is 3. The highest BCUT2D eigenvalue weighted by atomic mass is 32.2. The molecule has 1 fully saturated rings. The molecule has 2 aromatic carbocycles. The number of hydrogen-bond acceptors (Lipinski definition) is 9. The van der Waals surface area contributed by atoms with Crippen LogP contribution in [0.15, 0.2) is 71.8 Å². The van der Waals surface area contributed by atoms with E-state index in [1.165, 1.54) is 0 Å². The normalized spacial score (nSPS) is 16.0. The quantitative estimate of drug-likeness (QED) is 0.222. The number of benzene rings is 2. The Labute approximate surface area is 294 Å². The predicted octanol–water partition coefficient (Wildman–Crippen LogP) is 6.75. The molecule has 0 aliphatic carbocycles. The van der Waals surface area contributed by atoms with Crippen molar-refractivity contribution in [3.05, 3.63) is 72.4 Å².